The summed E-state index contributed by atoms with van der Waals surface area (Å²) in [5, 5.41) is 17.9. The Labute approximate surface area is 116 Å². The van der Waals surface area contributed by atoms with E-state index >= 15 is 0 Å². The minimum atomic E-state index is -0.448. The summed E-state index contributed by atoms with van der Waals surface area (Å²) in [6.07, 6.45) is 1.38. The Balaban J connectivity index is 2.08. The van der Waals surface area contributed by atoms with Crippen molar-refractivity contribution in [3.8, 4) is 0 Å². The average Bonchev–Trinajstić information content (AvgIpc) is 2.79. The Bertz CT molecular complexity index is 609. The smallest absolute Gasteiger partial charge is 0.330 e. The first-order chi connectivity index (χ1) is 9.60. The van der Waals surface area contributed by atoms with Crippen LogP contribution in [0.3, 0.4) is 0 Å². The van der Waals surface area contributed by atoms with Crippen LogP contribution >= 0.6 is 0 Å². The van der Waals surface area contributed by atoms with E-state index in [4.69, 9.17) is 4.74 Å². The molecule has 0 aliphatic rings. The van der Waals surface area contributed by atoms with Gasteiger partial charge in [-0.3, -0.25) is 14.8 Å². The lowest BCUT2D eigenvalue weighted by atomic mass is 10.1. The molecule has 0 saturated carbocycles. The van der Waals surface area contributed by atoms with Crippen LogP contribution in [0.2, 0.25) is 0 Å². The highest BCUT2D eigenvalue weighted by Crippen LogP contribution is 2.22. The highest BCUT2D eigenvalue weighted by atomic mass is 16.6. The average molecular weight is 276 g/mol. The maximum absolute atomic E-state index is 10.9. The van der Waals surface area contributed by atoms with Crippen LogP contribution in [0, 0.1) is 10.1 Å². The molecule has 1 heterocycles. The lowest BCUT2D eigenvalue weighted by molar-refractivity contribution is -0.384. The van der Waals surface area contributed by atoms with Gasteiger partial charge in [-0.05, 0) is 11.1 Å². The number of aromatic nitrogens is 2. The second kappa shape index (κ2) is 6.16. The number of nitrogens with zero attached hydrogens (tertiary/aromatic N) is 3. The van der Waals surface area contributed by atoms with Crippen LogP contribution in [-0.4, -0.2) is 21.8 Å². The molecule has 7 nitrogen and oxygen atoms in total. The molecule has 2 rings (SSSR count). The van der Waals surface area contributed by atoms with E-state index in [1.54, 1.807) is 14.2 Å². The van der Waals surface area contributed by atoms with E-state index < -0.39 is 4.92 Å². The second-order valence-electron chi connectivity index (χ2n) is 4.40. The molecule has 0 amide bonds. The molecule has 0 unspecified atom stereocenters. The van der Waals surface area contributed by atoms with Crippen LogP contribution in [0.15, 0.2) is 30.5 Å². The molecule has 0 aliphatic carbocycles. The highest BCUT2D eigenvalue weighted by molar-refractivity contribution is 5.54. The van der Waals surface area contributed by atoms with Crippen LogP contribution in [0.5, 0.6) is 0 Å². The molecule has 1 N–H and O–H groups in total. The molecule has 0 radical (unpaired) electrons. The molecule has 0 bridgehead atoms. The molecule has 1 aromatic heterocycles. The van der Waals surface area contributed by atoms with Gasteiger partial charge < -0.3 is 10.1 Å². The Morgan fingerprint density at radius 3 is 2.90 bits per heavy atom. The van der Waals surface area contributed by atoms with E-state index in [1.807, 2.05) is 24.3 Å². The van der Waals surface area contributed by atoms with E-state index in [0.29, 0.717) is 13.2 Å². The van der Waals surface area contributed by atoms with Gasteiger partial charge in [0.1, 0.15) is 6.20 Å². The van der Waals surface area contributed by atoms with E-state index in [9.17, 15) is 10.1 Å². The fourth-order valence-electron chi connectivity index (χ4n) is 1.92. The molecule has 2 aromatic rings. The second-order valence-corrected chi connectivity index (χ2v) is 4.40. The fourth-order valence-corrected chi connectivity index (χ4v) is 1.92. The van der Waals surface area contributed by atoms with Gasteiger partial charge in [-0.25, -0.2) is 0 Å². The van der Waals surface area contributed by atoms with Gasteiger partial charge in [-0.2, -0.15) is 0 Å². The summed E-state index contributed by atoms with van der Waals surface area (Å²) >= 11 is 0. The molecular formula is C13H16N4O3. The Kier molecular flexibility index (Phi) is 4.31. The van der Waals surface area contributed by atoms with Gasteiger partial charge in [0.05, 0.1) is 11.5 Å². The summed E-state index contributed by atoms with van der Waals surface area (Å²) in [6.45, 7) is 1.01. The van der Waals surface area contributed by atoms with Crippen molar-refractivity contribution >= 4 is 11.5 Å². The number of methoxy groups -OCH3 is 1. The molecule has 1 aromatic carbocycles. The largest absolute Gasteiger partial charge is 0.380 e. The maximum atomic E-state index is 10.9. The summed E-state index contributed by atoms with van der Waals surface area (Å²) in [4.78, 5) is 10.4. The summed E-state index contributed by atoms with van der Waals surface area (Å²) in [5.41, 5.74) is 2.04. The molecule has 106 valence electrons. The Morgan fingerprint density at radius 1 is 1.45 bits per heavy atom. The third-order valence-electron chi connectivity index (χ3n) is 2.77. The van der Waals surface area contributed by atoms with Crippen LogP contribution < -0.4 is 5.32 Å². The number of benzene rings is 1. The molecule has 0 saturated heterocycles. The minimum absolute atomic E-state index is 0.0273. The molecule has 7 heteroatoms. The van der Waals surface area contributed by atoms with Crippen LogP contribution in [0.1, 0.15) is 11.1 Å². The van der Waals surface area contributed by atoms with Crippen molar-refractivity contribution in [2.75, 3.05) is 12.4 Å². The quantitative estimate of drug-likeness (QED) is 0.645. The number of hydrogen-bond acceptors (Lipinski definition) is 5. The zero-order valence-electron chi connectivity index (χ0n) is 11.4. The molecule has 0 aliphatic heterocycles. The number of rotatable bonds is 6. The zero-order chi connectivity index (χ0) is 14.5. The Hall–Kier alpha value is -2.41. The lowest BCUT2D eigenvalue weighted by Crippen LogP contribution is -2.03. The normalized spacial score (nSPS) is 10.5. The van der Waals surface area contributed by atoms with E-state index in [-0.39, 0.29) is 11.5 Å². The number of nitro groups is 1. The number of ether oxygens (including phenoxy) is 1. The summed E-state index contributed by atoms with van der Waals surface area (Å²) in [7, 11) is 3.29. The number of hydrogen-bond donors (Lipinski definition) is 1. The number of nitrogens with one attached hydrogen (secondary N) is 1. The van der Waals surface area contributed by atoms with Crippen molar-refractivity contribution in [2.24, 2.45) is 7.05 Å². The molecule has 0 spiro atoms. The molecular weight excluding hydrogens is 260 g/mol. The lowest BCUT2D eigenvalue weighted by Gasteiger charge is -2.05. The van der Waals surface area contributed by atoms with Gasteiger partial charge >= 0.3 is 5.69 Å². The van der Waals surface area contributed by atoms with E-state index in [1.165, 1.54) is 10.9 Å². The van der Waals surface area contributed by atoms with Crippen molar-refractivity contribution in [1.82, 2.24) is 9.78 Å². The van der Waals surface area contributed by atoms with E-state index in [0.717, 1.165) is 11.1 Å². The number of aryl methyl sites for hydroxylation is 1. The van der Waals surface area contributed by atoms with E-state index in [2.05, 4.69) is 10.4 Å². The van der Waals surface area contributed by atoms with Crippen LogP contribution in [0.25, 0.3) is 0 Å². The summed E-state index contributed by atoms with van der Waals surface area (Å²) in [6, 6.07) is 7.83. The van der Waals surface area contributed by atoms with Crippen LogP contribution in [-0.2, 0) is 24.9 Å². The highest BCUT2D eigenvalue weighted by Gasteiger charge is 2.17. The maximum Gasteiger partial charge on any atom is 0.330 e. The number of anilines is 1. The predicted molar refractivity (Wildman–Crippen MR) is 74.3 cm³/mol. The first-order valence-corrected chi connectivity index (χ1v) is 6.09. The van der Waals surface area contributed by atoms with Crippen molar-refractivity contribution in [3.05, 3.63) is 51.7 Å². The van der Waals surface area contributed by atoms with Crippen molar-refractivity contribution in [2.45, 2.75) is 13.2 Å². The monoisotopic (exact) mass is 276 g/mol. The topological polar surface area (TPSA) is 82.2 Å². The third kappa shape index (κ3) is 3.33. The standard InChI is InChI=1S/C13H16N4O3/c1-16-8-12(17(18)19)13(15-16)14-7-10-4-3-5-11(6-10)9-20-2/h3-6,8H,7,9H2,1-2H3,(H,14,15). The predicted octanol–water partition coefficient (Wildman–Crippen LogP) is 2.09. The molecule has 0 fully saturated rings. The third-order valence-corrected chi connectivity index (χ3v) is 2.77. The zero-order valence-corrected chi connectivity index (χ0v) is 11.4. The Morgan fingerprint density at radius 2 is 2.20 bits per heavy atom. The first kappa shape index (κ1) is 14.0. The van der Waals surface area contributed by atoms with Crippen molar-refractivity contribution in [3.63, 3.8) is 0 Å². The first-order valence-electron chi connectivity index (χ1n) is 6.09. The molecule has 0 atom stereocenters. The van der Waals surface area contributed by atoms with Crippen molar-refractivity contribution in [1.29, 1.82) is 0 Å². The molecule has 20 heavy (non-hydrogen) atoms. The van der Waals surface area contributed by atoms with Crippen LogP contribution in [0.4, 0.5) is 11.5 Å². The SMILES string of the molecule is COCc1cccc(CNc2nn(C)cc2[N+](=O)[O-])c1. The van der Waals surface area contributed by atoms with Gasteiger partial charge in [-0.15, -0.1) is 5.10 Å². The van der Waals surface area contributed by atoms with Gasteiger partial charge in [0, 0.05) is 20.7 Å². The van der Waals surface area contributed by atoms with Gasteiger partial charge in [0.2, 0.25) is 5.82 Å². The fraction of sp³-hybridized carbons (Fsp3) is 0.308. The van der Waals surface area contributed by atoms with Gasteiger partial charge in [0.25, 0.3) is 0 Å². The minimum Gasteiger partial charge on any atom is -0.380 e. The van der Waals surface area contributed by atoms with Gasteiger partial charge in [-0.1, -0.05) is 24.3 Å². The van der Waals surface area contributed by atoms with Gasteiger partial charge in [0.15, 0.2) is 0 Å². The van der Waals surface area contributed by atoms with Crippen molar-refractivity contribution < 1.29 is 9.66 Å². The summed E-state index contributed by atoms with van der Waals surface area (Å²) < 4.78 is 6.49. The summed E-state index contributed by atoms with van der Waals surface area (Å²) in [5.74, 6) is 0.273.